The fourth-order valence-corrected chi connectivity index (χ4v) is 3.49. The molecule has 0 aliphatic carbocycles. The van der Waals surface area contributed by atoms with Gasteiger partial charge < -0.3 is 18.6 Å². The van der Waals surface area contributed by atoms with Gasteiger partial charge in [0.25, 0.3) is 5.91 Å². The van der Waals surface area contributed by atoms with Crippen molar-refractivity contribution in [3.8, 4) is 5.75 Å². The lowest BCUT2D eigenvalue weighted by Gasteiger charge is -2.17. The first-order valence-electron chi connectivity index (χ1n) is 10.0. The van der Waals surface area contributed by atoms with Gasteiger partial charge in [-0.05, 0) is 55.3 Å². The minimum atomic E-state index is -0.165. The van der Waals surface area contributed by atoms with Gasteiger partial charge in [-0.25, -0.2) is 4.98 Å². The second kappa shape index (κ2) is 8.86. The standard InChI is InChI=1S/C24H25N3O3/c1-18-8-5-9-19(16-18)29-15-7-13-27-21-11-4-3-10-20(21)25-23(27)17-26(2)24(28)22-12-6-14-30-22/h3-6,8-12,14,16H,7,13,15,17H2,1-2H3. The monoisotopic (exact) mass is 403 g/mol. The van der Waals surface area contributed by atoms with Crippen LogP contribution in [-0.2, 0) is 13.1 Å². The van der Waals surface area contributed by atoms with E-state index >= 15 is 0 Å². The Labute approximate surface area is 175 Å². The Bertz CT molecular complexity index is 1130. The summed E-state index contributed by atoms with van der Waals surface area (Å²) in [7, 11) is 1.76. The molecule has 2 aromatic carbocycles. The van der Waals surface area contributed by atoms with Gasteiger partial charge in [0.05, 0.1) is 30.4 Å². The Morgan fingerprint density at radius 2 is 2.00 bits per heavy atom. The van der Waals surface area contributed by atoms with Crippen molar-refractivity contribution in [1.82, 2.24) is 14.5 Å². The number of ether oxygens (including phenoxy) is 1. The van der Waals surface area contributed by atoms with Gasteiger partial charge >= 0.3 is 0 Å². The van der Waals surface area contributed by atoms with E-state index in [1.807, 2.05) is 36.4 Å². The summed E-state index contributed by atoms with van der Waals surface area (Å²) < 4.78 is 13.3. The molecule has 0 radical (unpaired) electrons. The predicted octanol–water partition coefficient (Wildman–Crippen LogP) is 4.68. The maximum absolute atomic E-state index is 12.6. The molecule has 2 heterocycles. The summed E-state index contributed by atoms with van der Waals surface area (Å²) in [6.45, 7) is 3.81. The zero-order chi connectivity index (χ0) is 20.9. The number of imidazole rings is 1. The summed E-state index contributed by atoms with van der Waals surface area (Å²) in [5, 5.41) is 0. The number of carbonyl (C=O) groups excluding carboxylic acids is 1. The lowest BCUT2D eigenvalue weighted by molar-refractivity contribution is 0.0748. The van der Waals surface area contributed by atoms with Crippen LogP contribution in [-0.4, -0.2) is 34.0 Å². The fraction of sp³-hybridized carbons (Fsp3) is 0.250. The number of hydrogen-bond acceptors (Lipinski definition) is 4. The van der Waals surface area contributed by atoms with Crippen LogP contribution in [0.1, 0.15) is 28.4 Å². The van der Waals surface area contributed by atoms with Crippen molar-refractivity contribution >= 4 is 16.9 Å². The highest BCUT2D eigenvalue weighted by Gasteiger charge is 2.18. The van der Waals surface area contributed by atoms with E-state index in [-0.39, 0.29) is 5.91 Å². The van der Waals surface area contributed by atoms with E-state index in [9.17, 15) is 4.79 Å². The summed E-state index contributed by atoms with van der Waals surface area (Å²) in [5.74, 6) is 1.89. The molecule has 6 nitrogen and oxygen atoms in total. The number of nitrogens with zero attached hydrogens (tertiary/aromatic N) is 3. The lowest BCUT2D eigenvalue weighted by Crippen LogP contribution is -2.27. The number of aromatic nitrogens is 2. The van der Waals surface area contributed by atoms with Crippen molar-refractivity contribution in [2.45, 2.75) is 26.4 Å². The van der Waals surface area contributed by atoms with Crippen LogP contribution in [0.25, 0.3) is 11.0 Å². The second-order valence-electron chi connectivity index (χ2n) is 7.33. The first kappa shape index (κ1) is 19.8. The molecule has 0 saturated carbocycles. The molecular weight excluding hydrogens is 378 g/mol. The van der Waals surface area contributed by atoms with E-state index in [1.165, 1.54) is 11.8 Å². The van der Waals surface area contributed by atoms with Crippen LogP contribution < -0.4 is 4.74 Å². The zero-order valence-corrected chi connectivity index (χ0v) is 17.2. The molecule has 0 unspecified atom stereocenters. The van der Waals surface area contributed by atoms with Crippen molar-refractivity contribution in [3.05, 3.63) is 84.1 Å². The SMILES string of the molecule is Cc1cccc(OCCCn2c(CN(C)C(=O)c3ccco3)nc3ccccc32)c1. The third-order valence-electron chi connectivity index (χ3n) is 4.98. The summed E-state index contributed by atoms with van der Waals surface area (Å²) in [5.41, 5.74) is 3.16. The van der Waals surface area contributed by atoms with Crippen LogP contribution >= 0.6 is 0 Å². The Kier molecular flexibility index (Phi) is 5.84. The Hall–Kier alpha value is -3.54. The van der Waals surface area contributed by atoms with Gasteiger partial charge in [0.2, 0.25) is 0 Å². The van der Waals surface area contributed by atoms with Crippen molar-refractivity contribution < 1.29 is 13.9 Å². The van der Waals surface area contributed by atoms with Crippen LogP contribution in [0, 0.1) is 6.92 Å². The molecule has 0 bridgehead atoms. The molecule has 30 heavy (non-hydrogen) atoms. The Balaban J connectivity index is 1.46. The van der Waals surface area contributed by atoms with Gasteiger partial charge in [0.1, 0.15) is 11.6 Å². The van der Waals surface area contributed by atoms with Gasteiger partial charge in [-0.2, -0.15) is 0 Å². The largest absolute Gasteiger partial charge is 0.494 e. The van der Waals surface area contributed by atoms with Gasteiger partial charge in [-0.1, -0.05) is 24.3 Å². The number of benzene rings is 2. The molecule has 4 aromatic rings. The minimum absolute atomic E-state index is 0.165. The van der Waals surface area contributed by atoms with Crippen molar-refractivity contribution in [2.75, 3.05) is 13.7 Å². The summed E-state index contributed by atoms with van der Waals surface area (Å²) in [6.07, 6.45) is 2.34. The predicted molar refractivity (Wildman–Crippen MR) is 116 cm³/mol. The zero-order valence-electron chi connectivity index (χ0n) is 17.2. The molecular formula is C24H25N3O3. The molecule has 6 heteroatoms. The quantitative estimate of drug-likeness (QED) is 0.401. The highest BCUT2D eigenvalue weighted by atomic mass is 16.5. The van der Waals surface area contributed by atoms with E-state index in [0.29, 0.717) is 18.9 Å². The number of amides is 1. The van der Waals surface area contributed by atoms with E-state index in [1.54, 1.807) is 24.1 Å². The van der Waals surface area contributed by atoms with E-state index in [2.05, 4.69) is 23.6 Å². The average molecular weight is 403 g/mol. The molecule has 154 valence electrons. The number of fused-ring (bicyclic) bond motifs is 1. The Morgan fingerprint density at radius 1 is 1.13 bits per heavy atom. The van der Waals surface area contributed by atoms with Gasteiger partial charge in [-0.15, -0.1) is 0 Å². The number of carbonyl (C=O) groups is 1. The maximum Gasteiger partial charge on any atom is 0.289 e. The van der Waals surface area contributed by atoms with Crippen LogP contribution in [0.5, 0.6) is 5.75 Å². The molecule has 4 rings (SSSR count). The van der Waals surface area contributed by atoms with Gasteiger partial charge in [0.15, 0.2) is 5.76 Å². The maximum atomic E-state index is 12.6. The number of furan rings is 1. The van der Waals surface area contributed by atoms with Gasteiger partial charge in [0, 0.05) is 13.6 Å². The third-order valence-corrected chi connectivity index (χ3v) is 4.98. The van der Waals surface area contributed by atoms with Crippen LogP contribution in [0.4, 0.5) is 0 Å². The topological polar surface area (TPSA) is 60.5 Å². The number of rotatable bonds is 8. The van der Waals surface area contributed by atoms with Crippen LogP contribution in [0.15, 0.2) is 71.3 Å². The van der Waals surface area contributed by atoms with Crippen molar-refractivity contribution in [1.29, 1.82) is 0 Å². The molecule has 2 aromatic heterocycles. The molecule has 0 saturated heterocycles. The van der Waals surface area contributed by atoms with E-state index in [0.717, 1.165) is 35.6 Å². The Morgan fingerprint density at radius 3 is 2.80 bits per heavy atom. The summed E-state index contributed by atoms with van der Waals surface area (Å²) in [4.78, 5) is 18.9. The first-order valence-corrected chi connectivity index (χ1v) is 10.0. The molecule has 0 atom stereocenters. The van der Waals surface area contributed by atoms with E-state index < -0.39 is 0 Å². The molecule has 0 aliphatic heterocycles. The number of aryl methyl sites for hydroxylation is 2. The average Bonchev–Trinajstić information content (AvgIpc) is 3.39. The summed E-state index contributed by atoms with van der Waals surface area (Å²) >= 11 is 0. The normalized spacial score (nSPS) is 11.0. The molecule has 0 N–H and O–H groups in total. The number of hydrogen-bond donors (Lipinski definition) is 0. The smallest absolute Gasteiger partial charge is 0.289 e. The van der Waals surface area contributed by atoms with Crippen molar-refractivity contribution in [2.24, 2.45) is 0 Å². The molecule has 0 aliphatic rings. The highest BCUT2D eigenvalue weighted by molar-refractivity contribution is 5.91. The van der Waals surface area contributed by atoms with Crippen molar-refractivity contribution in [3.63, 3.8) is 0 Å². The van der Waals surface area contributed by atoms with Crippen LogP contribution in [0.3, 0.4) is 0 Å². The summed E-state index contributed by atoms with van der Waals surface area (Å²) in [6, 6.07) is 19.5. The molecule has 0 spiro atoms. The fourth-order valence-electron chi connectivity index (χ4n) is 3.49. The molecule has 1 amide bonds. The minimum Gasteiger partial charge on any atom is -0.494 e. The second-order valence-corrected chi connectivity index (χ2v) is 7.33. The number of para-hydroxylation sites is 2. The lowest BCUT2D eigenvalue weighted by atomic mass is 10.2. The third kappa shape index (κ3) is 4.38. The van der Waals surface area contributed by atoms with Crippen LogP contribution in [0.2, 0.25) is 0 Å². The van der Waals surface area contributed by atoms with E-state index in [4.69, 9.17) is 14.1 Å². The molecule has 0 fully saturated rings. The van der Waals surface area contributed by atoms with Gasteiger partial charge in [-0.3, -0.25) is 4.79 Å². The highest BCUT2D eigenvalue weighted by Crippen LogP contribution is 2.19. The first-order chi connectivity index (χ1) is 14.6.